The van der Waals surface area contributed by atoms with Crippen LogP contribution in [0, 0.1) is 5.92 Å². The monoisotopic (exact) mass is 413 g/mol. The van der Waals surface area contributed by atoms with Crippen LogP contribution in [0.25, 0.3) is 0 Å². The summed E-state index contributed by atoms with van der Waals surface area (Å²) < 4.78 is 5.55. The van der Waals surface area contributed by atoms with Crippen LogP contribution in [0.3, 0.4) is 0 Å². The Morgan fingerprint density at radius 2 is 1.89 bits per heavy atom. The molecule has 0 saturated carbocycles. The fourth-order valence-electron chi connectivity index (χ4n) is 3.89. The summed E-state index contributed by atoms with van der Waals surface area (Å²) in [5.41, 5.74) is 1.33. The number of likely N-dealkylation sites (tertiary alicyclic amines) is 1. The highest BCUT2D eigenvalue weighted by Gasteiger charge is 2.27. The largest absolute Gasteiger partial charge is 1.00 e. The van der Waals surface area contributed by atoms with Gasteiger partial charge in [0.1, 0.15) is 18.9 Å². The Hall–Kier alpha value is -1.03. The highest BCUT2D eigenvalue weighted by atomic mass is 35.5. The molecule has 1 aromatic heterocycles. The van der Waals surface area contributed by atoms with Gasteiger partial charge in [-0.1, -0.05) is 50.6 Å². The van der Waals surface area contributed by atoms with Crippen LogP contribution in [-0.4, -0.2) is 35.7 Å². The van der Waals surface area contributed by atoms with E-state index in [-0.39, 0.29) is 24.8 Å². The maximum atomic E-state index is 2.44. The summed E-state index contributed by atoms with van der Waals surface area (Å²) in [4.78, 5) is 0. The van der Waals surface area contributed by atoms with Crippen molar-refractivity contribution in [1.82, 2.24) is 4.57 Å². The van der Waals surface area contributed by atoms with Crippen molar-refractivity contribution in [3.63, 3.8) is 0 Å². The second-order valence-electron chi connectivity index (χ2n) is 8.09. The van der Waals surface area contributed by atoms with E-state index in [1.807, 2.05) is 23.9 Å². The fraction of sp³-hybridized carbons (Fsp3) is 0.591. The normalized spacial score (nSPS) is 21.3. The van der Waals surface area contributed by atoms with E-state index in [1.54, 1.807) is 0 Å². The lowest BCUT2D eigenvalue weighted by Crippen LogP contribution is -3.00. The summed E-state index contributed by atoms with van der Waals surface area (Å²) >= 11 is 0. The lowest BCUT2D eigenvalue weighted by atomic mass is 9.98. The van der Waals surface area contributed by atoms with E-state index in [0.29, 0.717) is 0 Å². The molecule has 5 heteroatoms. The molecule has 0 N–H and O–H groups in total. The number of nitrogens with zero attached hydrogens (tertiary/aromatic N) is 3. The summed E-state index contributed by atoms with van der Waals surface area (Å²) in [5, 5.41) is 0. The Bertz CT molecular complexity index is 615. The van der Waals surface area contributed by atoms with Gasteiger partial charge in [0.05, 0.1) is 33.7 Å². The molecular formula is C22H37Cl2N3. The smallest absolute Gasteiger partial charge is 0.243 e. The molecule has 3 nitrogen and oxygen atoms in total. The minimum atomic E-state index is 0. The number of rotatable bonds is 5. The Labute approximate surface area is 178 Å². The molecule has 0 spiro atoms. The summed E-state index contributed by atoms with van der Waals surface area (Å²) in [7, 11) is 4.47. The standard InChI is InChI=1S/C11H13N2.C11H24N.2ClH/c1-12-7-8-13(10-12)9-11-5-3-2-4-6-11;1-4-5-8-12(3)9-6-7-11(2)10-12;;/h2-8,10H,9H2,1H3;11H,4-10H2,1-3H3;2*1H/q2*+1;;/p-2. The van der Waals surface area contributed by atoms with Gasteiger partial charge in [0.2, 0.25) is 6.33 Å². The first kappa shape index (κ1) is 26.0. The van der Waals surface area contributed by atoms with Gasteiger partial charge in [-0.25, -0.2) is 9.13 Å². The topological polar surface area (TPSA) is 8.81 Å². The molecule has 0 amide bonds. The molecule has 1 aliphatic rings. The van der Waals surface area contributed by atoms with Crippen LogP contribution >= 0.6 is 0 Å². The third kappa shape index (κ3) is 9.64. The van der Waals surface area contributed by atoms with Crippen molar-refractivity contribution in [3.8, 4) is 0 Å². The van der Waals surface area contributed by atoms with Crippen molar-refractivity contribution < 1.29 is 33.9 Å². The molecule has 0 radical (unpaired) electrons. The van der Waals surface area contributed by atoms with Gasteiger partial charge < -0.3 is 29.3 Å². The first-order valence-corrected chi connectivity index (χ1v) is 9.89. The van der Waals surface area contributed by atoms with Gasteiger partial charge in [-0.05, 0) is 24.8 Å². The van der Waals surface area contributed by atoms with Gasteiger partial charge in [-0.2, -0.15) is 0 Å². The number of unbranched alkanes of at least 4 members (excludes halogenated alkanes) is 1. The van der Waals surface area contributed by atoms with Crippen molar-refractivity contribution in [2.75, 3.05) is 26.7 Å². The number of hydrogen-bond donors (Lipinski definition) is 0. The first-order valence-electron chi connectivity index (χ1n) is 9.89. The van der Waals surface area contributed by atoms with Crippen LogP contribution in [0.5, 0.6) is 0 Å². The lowest BCUT2D eigenvalue weighted by Gasteiger charge is -2.40. The molecule has 2 aromatic rings. The molecule has 2 atom stereocenters. The highest BCUT2D eigenvalue weighted by Crippen LogP contribution is 2.21. The van der Waals surface area contributed by atoms with Gasteiger partial charge >= 0.3 is 0 Å². The molecule has 0 bridgehead atoms. The van der Waals surface area contributed by atoms with Gasteiger partial charge in [0, 0.05) is 5.92 Å². The van der Waals surface area contributed by atoms with Crippen molar-refractivity contribution in [2.45, 2.75) is 46.1 Å². The summed E-state index contributed by atoms with van der Waals surface area (Å²) in [6.07, 6.45) is 11.9. The van der Waals surface area contributed by atoms with Gasteiger partial charge in [-0.15, -0.1) is 0 Å². The number of quaternary nitrogens is 1. The Morgan fingerprint density at radius 3 is 2.44 bits per heavy atom. The van der Waals surface area contributed by atoms with Crippen molar-refractivity contribution in [1.29, 1.82) is 0 Å². The van der Waals surface area contributed by atoms with Crippen LogP contribution in [0.4, 0.5) is 0 Å². The summed E-state index contributed by atoms with van der Waals surface area (Å²) in [6.45, 7) is 9.88. The summed E-state index contributed by atoms with van der Waals surface area (Å²) in [6, 6.07) is 10.5. The quantitative estimate of drug-likeness (QED) is 0.397. The zero-order chi connectivity index (χ0) is 18.1. The molecule has 1 aromatic carbocycles. The predicted molar refractivity (Wildman–Crippen MR) is 105 cm³/mol. The van der Waals surface area contributed by atoms with Crippen molar-refractivity contribution in [3.05, 3.63) is 54.6 Å². The van der Waals surface area contributed by atoms with E-state index in [2.05, 4.69) is 62.3 Å². The first-order chi connectivity index (χ1) is 12.0. The van der Waals surface area contributed by atoms with E-state index >= 15 is 0 Å². The third-order valence-electron chi connectivity index (χ3n) is 5.23. The Kier molecular flexibility index (Phi) is 12.7. The van der Waals surface area contributed by atoms with E-state index in [1.165, 1.54) is 55.4 Å². The second kappa shape index (κ2) is 13.2. The third-order valence-corrected chi connectivity index (χ3v) is 5.23. The average molecular weight is 414 g/mol. The van der Waals surface area contributed by atoms with Crippen LogP contribution < -0.4 is 29.4 Å². The molecular weight excluding hydrogens is 377 g/mol. The Morgan fingerprint density at radius 1 is 1.19 bits per heavy atom. The summed E-state index contributed by atoms with van der Waals surface area (Å²) in [5.74, 6) is 0.959. The second-order valence-corrected chi connectivity index (χ2v) is 8.09. The average Bonchev–Trinajstić information content (AvgIpc) is 2.99. The molecule has 1 saturated heterocycles. The molecule has 154 valence electrons. The molecule has 27 heavy (non-hydrogen) atoms. The lowest BCUT2D eigenvalue weighted by molar-refractivity contribution is -0.917. The number of aryl methyl sites for hydroxylation is 1. The molecule has 2 unspecified atom stereocenters. The van der Waals surface area contributed by atoms with E-state index < -0.39 is 0 Å². The van der Waals surface area contributed by atoms with Gasteiger partial charge in [-0.3, -0.25) is 0 Å². The molecule has 1 fully saturated rings. The number of halogens is 2. The van der Waals surface area contributed by atoms with Crippen molar-refractivity contribution >= 4 is 0 Å². The van der Waals surface area contributed by atoms with E-state index in [9.17, 15) is 0 Å². The van der Waals surface area contributed by atoms with Gasteiger partial charge in [0.25, 0.3) is 0 Å². The maximum absolute atomic E-state index is 2.44. The van der Waals surface area contributed by atoms with Crippen LogP contribution in [0.2, 0.25) is 0 Å². The zero-order valence-electron chi connectivity index (χ0n) is 17.5. The maximum Gasteiger partial charge on any atom is 0.243 e. The number of piperidine rings is 1. The minimum Gasteiger partial charge on any atom is -1.00 e. The van der Waals surface area contributed by atoms with E-state index in [0.717, 1.165) is 12.5 Å². The molecule has 3 rings (SSSR count). The molecule has 2 heterocycles. The van der Waals surface area contributed by atoms with Crippen LogP contribution in [0.15, 0.2) is 49.1 Å². The minimum absolute atomic E-state index is 0. The molecule has 1 aliphatic heterocycles. The number of aromatic nitrogens is 2. The SMILES string of the molecule is CCCC[N+]1(C)CCCC(C)C1.C[n+]1ccn(Cc2ccccc2)c1.[Cl-].[Cl-]. The number of hydrogen-bond acceptors (Lipinski definition) is 0. The molecule has 0 aliphatic carbocycles. The zero-order valence-corrected chi connectivity index (χ0v) is 19.0. The predicted octanol–water partition coefficient (Wildman–Crippen LogP) is -1.97. The highest BCUT2D eigenvalue weighted by molar-refractivity contribution is 5.14. The van der Waals surface area contributed by atoms with E-state index in [4.69, 9.17) is 0 Å². The number of imidazole rings is 1. The number of benzene rings is 1. The van der Waals surface area contributed by atoms with Gasteiger partial charge in [0.15, 0.2) is 0 Å². The Balaban J connectivity index is 0.000000468. The van der Waals surface area contributed by atoms with Crippen LogP contribution in [0.1, 0.15) is 45.1 Å². The van der Waals surface area contributed by atoms with Crippen molar-refractivity contribution in [2.24, 2.45) is 13.0 Å². The van der Waals surface area contributed by atoms with Crippen LogP contribution in [-0.2, 0) is 13.6 Å². The fourth-order valence-corrected chi connectivity index (χ4v) is 3.89.